The summed E-state index contributed by atoms with van der Waals surface area (Å²) in [5.41, 5.74) is 0.214. The van der Waals surface area contributed by atoms with Crippen molar-refractivity contribution >= 4 is 34.0 Å². The Bertz CT molecular complexity index is 713. The van der Waals surface area contributed by atoms with Gasteiger partial charge in [-0.2, -0.15) is 0 Å². The van der Waals surface area contributed by atoms with Crippen molar-refractivity contribution in [2.45, 2.75) is 24.5 Å². The Hall–Kier alpha value is -1.99. The van der Waals surface area contributed by atoms with Gasteiger partial charge in [-0.1, -0.05) is 18.2 Å². The molecule has 7 heteroatoms. The van der Waals surface area contributed by atoms with Crippen molar-refractivity contribution in [2.24, 2.45) is 0 Å². The predicted octanol–water partition coefficient (Wildman–Crippen LogP) is 2.35. The quantitative estimate of drug-likeness (QED) is 0.811. The fourth-order valence-electron chi connectivity index (χ4n) is 1.89. The number of nitrogens with one attached hydrogen (secondary N) is 1. The van der Waals surface area contributed by atoms with Gasteiger partial charge in [0, 0.05) is 11.1 Å². The van der Waals surface area contributed by atoms with Gasteiger partial charge in [0.15, 0.2) is 6.10 Å². The van der Waals surface area contributed by atoms with E-state index in [2.05, 4.69) is 5.32 Å². The number of esters is 1. The van der Waals surface area contributed by atoms with Gasteiger partial charge in [0.25, 0.3) is 5.91 Å². The second-order valence-electron chi connectivity index (χ2n) is 4.79. The summed E-state index contributed by atoms with van der Waals surface area (Å²) < 4.78 is 16.8. The van der Waals surface area contributed by atoms with Gasteiger partial charge in [-0.25, -0.2) is 4.79 Å². The molecular formula is C16H17NO4S2. The summed E-state index contributed by atoms with van der Waals surface area (Å²) in [5, 5.41) is 4.64. The SMILES string of the molecule is C[C@@H](OC(=O)c1ccccc1[S@@](C)=O)C(=O)NCc1cccs1. The molecule has 23 heavy (non-hydrogen) atoms. The molecule has 5 nitrogen and oxygen atoms in total. The van der Waals surface area contributed by atoms with Gasteiger partial charge in [-0.05, 0) is 30.5 Å². The number of benzene rings is 1. The maximum atomic E-state index is 12.2. The Morgan fingerprint density at radius 3 is 2.65 bits per heavy atom. The minimum Gasteiger partial charge on any atom is -0.449 e. The van der Waals surface area contributed by atoms with Crippen LogP contribution in [0.2, 0.25) is 0 Å². The van der Waals surface area contributed by atoms with E-state index in [0.717, 1.165) is 4.88 Å². The molecule has 0 fully saturated rings. The minimum absolute atomic E-state index is 0.214. The summed E-state index contributed by atoms with van der Waals surface area (Å²) in [5.74, 6) is -1.03. The molecule has 0 aliphatic heterocycles. The molecule has 0 radical (unpaired) electrons. The molecule has 0 aliphatic rings. The standard InChI is InChI=1S/C16H17NO4S2/c1-11(15(18)17-10-12-6-5-9-22-12)21-16(19)13-7-3-4-8-14(13)23(2)20/h3-9,11H,10H2,1-2H3,(H,17,18)/t11-,23-/m1/s1. The van der Waals surface area contributed by atoms with E-state index in [1.165, 1.54) is 30.6 Å². The van der Waals surface area contributed by atoms with Crippen molar-refractivity contribution in [3.63, 3.8) is 0 Å². The van der Waals surface area contributed by atoms with Crippen LogP contribution in [-0.2, 0) is 26.9 Å². The summed E-state index contributed by atoms with van der Waals surface area (Å²) in [6.07, 6.45) is 0.560. The number of rotatable bonds is 6. The molecule has 1 amide bonds. The van der Waals surface area contributed by atoms with E-state index in [4.69, 9.17) is 4.74 Å². The highest BCUT2D eigenvalue weighted by molar-refractivity contribution is 7.84. The second-order valence-corrected chi connectivity index (χ2v) is 7.18. The first-order valence-corrected chi connectivity index (χ1v) is 9.36. The lowest BCUT2D eigenvalue weighted by atomic mass is 10.2. The van der Waals surface area contributed by atoms with Gasteiger partial charge in [0.05, 0.1) is 27.8 Å². The topological polar surface area (TPSA) is 72.5 Å². The van der Waals surface area contributed by atoms with Crippen molar-refractivity contribution in [1.29, 1.82) is 0 Å². The van der Waals surface area contributed by atoms with Crippen molar-refractivity contribution < 1.29 is 18.5 Å². The Labute approximate surface area is 141 Å². The number of ether oxygens (including phenoxy) is 1. The third-order valence-corrected chi connectivity index (χ3v) is 4.94. The molecule has 0 unspecified atom stereocenters. The molecule has 1 N–H and O–H groups in total. The maximum absolute atomic E-state index is 12.2. The molecule has 1 aromatic heterocycles. The van der Waals surface area contributed by atoms with Crippen LogP contribution < -0.4 is 5.32 Å². The van der Waals surface area contributed by atoms with Crippen LogP contribution >= 0.6 is 11.3 Å². The number of hydrogen-bond donors (Lipinski definition) is 1. The third kappa shape index (κ3) is 4.74. The highest BCUT2D eigenvalue weighted by Crippen LogP contribution is 2.15. The predicted molar refractivity (Wildman–Crippen MR) is 89.8 cm³/mol. The summed E-state index contributed by atoms with van der Waals surface area (Å²) in [6, 6.07) is 10.3. The molecule has 2 rings (SSSR count). The minimum atomic E-state index is -1.31. The highest BCUT2D eigenvalue weighted by Gasteiger charge is 2.21. The Morgan fingerprint density at radius 1 is 1.26 bits per heavy atom. The third-order valence-electron chi connectivity index (χ3n) is 3.09. The van der Waals surface area contributed by atoms with Crippen LogP contribution in [0.5, 0.6) is 0 Å². The number of carbonyl (C=O) groups is 2. The molecule has 2 atom stereocenters. The van der Waals surface area contributed by atoms with Crippen LogP contribution in [0, 0.1) is 0 Å². The normalized spacial score (nSPS) is 13.1. The lowest BCUT2D eigenvalue weighted by Crippen LogP contribution is -2.35. The lowest BCUT2D eigenvalue weighted by molar-refractivity contribution is -0.129. The van der Waals surface area contributed by atoms with Crippen LogP contribution in [0.25, 0.3) is 0 Å². The fourth-order valence-corrected chi connectivity index (χ4v) is 3.27. The van der Waals surface area contributed by atoms with Crippen LogP contribution in [0.15, 0.2) is 46.7 Å². The van der Waals surface area contributed by atoms with Crippen LogP contribution in [0.1, 0.15) is 22.2 Å². The molecular weight excluding hydrogens is 334 g/mol. The number of thiophene rings is 1. The van der Waals surface area contributed by atoms with Crippen LogP contribution in [-0.4, -0.2) is 28.4 Å². The monoisotopic (exact) mass is 351 g/mol. The van der Waals surface area contributed by atoms with Gasteiger partial charge < -0.3 is 10.1 Å². The molecule has 0 spiro atoms. The van der Waals surface area contributed by atoms with Crippen LogP contribution in [0.3, 0.4) is 0 Å². The first kappa shape index (κ1) is 17.4. The maximum Gasteiger partial charge on any atom is 0.340 e. The molecule has 0 saturated carbocycles. The molecule has 1 aromatic carbocycles. The van der Waals surface area contributed by atoms with E-state index in [-0.39, 0.29) is 11.5 Å². The van der Waals surface area contributed by atoms with E-state index < -0.39 is 22.9 Å². The summed E-state index contributed by atoms with van der Waals surface area (Å²) in [7, 11) is -1.31. The molecule has 2 aromatic rings. The van der Waals surface area contributed by atoms with E-state index in [0.29, 0.717) is 11.4 Å². The number of amides is 1. The van der Waals surface area contributed by atoms with Gasteiger partial charge in [-0.3, -0.25) is 9.00 Å². The van der Waals surface area contributed by atoms with Gasteiger partial charge in [0.1, 0.15) is 0 Å². The fraction of sp³-hybridized carbons (Fsp3) is 0.250. The van der Waals surface area contributed by atoms with E-state index >= 15 is 0 Å². The van der Waals surface area contributed by atoms with Crippen molar-refractivity contribution in [3.8, 4) is 0 Å². The van der Waals surface area contributed by atoms with E-state index in [1.807, 2.05) is 17.5 Å². The zero-order valence-electron chi connectivity index (χ0n) is 12.8. The van der Waals surface area contributed by atoms with E-state index in [9.17, 15) is 13.8 Å². The molecule has 1 heterocycles. The summed E-state index contributed by atoms with van der Waals surface area (Å²) >= 11 is 1.54. The average Bonchev–Trinajstić information content (AvgIpc) is 3.05. The summed E-state index contributed by atoms with van der Waals surface area (Å²) in [6.45, 7) is 1.90. The van der Waals surface area contributed by atoms with Crippen molar-refractivity contribution in [2.75, 3.05) is 6.26 Å². The van der Waals surface area contributed by atoms with Crippen molar-refractivity contribution in [3.05, 3.63) is 52.2 Å². The number of hydrogen-bond acceptors (Lipinski definition) is 5. The van der Waals surface area contributed by atoms with E-state index in [1.54, 1.807) is 18.2 Å². The number of carbonyl (C=O) groups excluding carboxylic acids is 2. The smallest absolute Gasteiger partial charge is 0.340 e. The Morgan fingerprint density at radius 2 is 2.00 bits per heavy atom. The first-order valence-electron chi connectivity index (χ1n) is 6.92. The second kappa shape index (κ2) is 8.03. The molecule has 122 valence electrons. The van der Waals surface area contributed by atoms with Gasteiger partial charge in [-0.15, -0.1) is 11.3 Å². The largest absolute Gasteiger partial charge is 0.449 e. The molecule has 0 saturated heterocycles. The van der Waals surface area contributed by atoms with Gasteiger partial charge >= 0.3 is 5.97 Å². The lowest BCUT2D eigenvalue weighted by Gasteiger charge is -2.14. The zero-order chi connectivity index (χ0) is 16.8. The Balaban J connectivity index is 1.96. The zero-order valence-corrected chi connectivity index (χ0v) is 14.4. The average molecular weight is 351 g/mol. The summed E-state index contributed by atoms with van der Waals surface area (Å²) in [4.78, 5) is 25.6. The highest BCUT2D eigenvalue weighted by atomic mass is 32.2. The molecule has 0 aliphatic carbocycles. The Kier molecular flexibility index (Phi) is 6.06. The first-order chi connectivity index (χ1) is 11.0. The van der Waals surface area contributed by atoms with Gasteiger partial charge in [0.2, 0.25) is 0 Å². The molecule has 0 bridgehead atoms. The van der Waals surface area contributed by atoms with Crippen LogP contribution in [0.4, 0.5) is 0 Å². The van der Waals surface area contributed by atoms with Crippen molar-refractivity contribution in [1.82, 2.24) is 5.32 Å².